The predicted octanol–water partition coefficient (Wildman–Crippen LogP) is -2.73. The lowest BCUT2D eigenvalue weighted by atomic mass is 9.96. The van der Waals surface area contributed by atoms with Gasteiger partial charge in [0.2, 0.25) is 35.4 Å². The predicted molar refractivity (Wildman–Crippen MR) is 256 cm³/mol. The van der Waals surface area contributed by atoms with Crippen molar-refractivity contribution >= 4 is 35.4 Å². The van der Waals surface area contributed by atoms with E-state index in [0.29, 0.717) is 17.9 Å². The van der Waals surface area contributed by atoms with Crippen molar-refractivity contribution in [2.45, 2.75) is 171 Å². The van der Waals surface area contributed by atoms with E-state index in [2.05, 4.69) is 33.5 Å². The number of ether oxygens (including phenoxy) is 1. The number of nitrogens with one attached hydrogen (secondary N) is 5. The maximum atomic E-state index is 14.4. The second kappa shape index (κ2) is 26.5. The molecule has 5 rings (SSSR count). The van der Waals surface area contributed by atoms with E-state index in [1.165, 1.54) is 51.0 Å². The number of unbranched alkanes of at least 4 members (excludes halogenated alkanes) is 5. The molecule has 72 heavy (non-hydrogen) atoms. The summed E-state index contributed by atoms with van der Waals surface area (Å²) in [7, 11) is 0. The van der Waals surface area contributed by atoms with E-state index in [1.807, 2.05) is 0 Å². The van der Waals surface area contributed by atoms with E-state index in [1.54, 1.807) is 24.3 Å². The Balaban J connectivity index is 1.49. The molecule has 23 heteroatoms. The smallest absolute Gasteiger partial charge is 0.248 e. The number of hydrogen-bond acceptors (Lipinski definition) is 17. The summed E-state index contributed by atoms with van der Waals surface area (Å²) in [5.74, 6) is -7.35. The van der Waals surface area contributed by atoms with Crippen molar-refractivity contribution < 1.29 is 79.5 Å². The lowest BCUT2D eigenvalue weighted by molar-refractivity contribution is -0.148. The Hall–Kier alpha value is -5.50. The van der Waals surface area contributed by atoms with Gasteiger partial charge in [-0.05, 0) is 55.7 Å². The number of nitrogens with zero attached hydrogens (tertiary/aromatic N) is 2. The Morgan fingerprint density at radius 1 is 0.681 bits per heavy atom. The van der Waals surface area contributed by atoms with E-state index in [0.717, 1.165) is 42.4 Å². The molecule has 14 N–H and O–H groups in total. The van der Waals surface area contributed by atoms with Gasteiger partial charge in [0.25, 0.3) is 0 Å². The molecule has 3 saturated heterocycles. The summed E-state index contributed by atoms with van der Waals surface area (Å²) in [6, 6.07) is 0.813. The van der Waals surface area contributed by atoms with E-state index < -0.39 is 146 Å². The number of benzene rings is 2. The third kappa shape index (κ3) is 14.8. The fourth-order valence-electron chi connectivity index (χ4n) is 9.09. The average Bonchev–Trinajstić information content (AvgIpc) is 3.89. The second-order valence-corrected chi connectivity index (χ2v) is 19.2. The van der Waals surface area contributed by atoms with Gasteiger partial charge in [-0.3, -0.25) is 28.8 Å². The minimum absolute atomic E-state index is 0.0340. The van der Waals surface area contributed by atoms with Crippen LogP contribution in [0.2, 0.25) is 0 Å². The average molecular weight is 1020 g/mol. The lowest BCUT2D eigenvalue weighted by Gasteiger charge is -2.34. The summed E-state index contributed by atoms with van der Waals surface area (Å²) in [6.45, 7) is 5.57. The van der Waals surface area contributed by atoms with E-state index in [9.17, 15) is 74.7 Å². The Morgan fingerprint density at radius 3 is 1.89 bits per heavy atom. The normalized spacial score (nSPS) is 29.9. The summed E-state index contributed by atoms with van der Waals surface area (Å²) in [5, 5.41) is 111. The van der Waals surface area contributed by atoms with Gasteiger partial charge in [0.05, 0.1) is 37.1 Å². The van der Waals surface area contributed by atoms with Crippen LogP contribution in [0.3, 0.4) is 0 Å². The first kappa shape index (κ1) is 57.4. The number of carbonyl (C=O) groups is 6. The number of aliphatic hydroxyl groups is 8. The standard InChI is InChI=1S/C49H73N7O16/c1-5-6-7-8-9-10-19-72-32-17-11-28(12-18-32)22-50-33-21-35(61)45(67)54-47(69)39-40(62)25(2)23-56(39)49(71)37(27(4)58)52-46(68)38(42(64)41(63)29-13-15-30(59)16-14-29)53-44(66)34-20-31(60)24-55(34)48(70)36(26(3)57)51-43(33)65/h11-18,25-27,31,33-42,45,50,57-64,67H,5-10,19-24H2,1-4H3,(H,51,65)(H,52,68)(H,53,66)(H,54,69)/t25-,26+,27+,31+,33-,34-,35+,36-,37-,38-,39-,40-,41-,42-,45-/m0/s1. The van der Waals surface area contributed by atoms with Gasteiger partial charge < -0.3 is 87.1 Å². The molecule has 2 aromatic carbocycles. The molecule has 0 unspecified atom stereocenters. The molecular weight excluding hydrogens is 943 g/mol. The first-order valence-corrected chi connectivity index (χ1v) is 24.6. The summed E-state index contributed by atoms with van der Waals surface area (Å²) < 4.78 is 5.88. The molecule has 2 aromatic rings. The molecule has 23 nitrogen and oxygen atoms in total. The van der Waals surface area contributed by atoms with E-state index in [-0.39, 0.29) is 24.4 Å². The topological polar surface area (TPSA) is 360 Å². The Morgan fingerprint density at radius 2 is 1.26 bits per heavy atom. The molecule has 0 spiro atoms. The first-order chi connectivity index (χ1) is 34.1. The SMILES string of the molecule is CCCCCCCCOc1ccc(CN[C@H]2C[C@@H](O)[C@H](O)NC(=O)[C@@H]3[C@@H](O)[C@@H](C)CN3C(=O)[C@H]([C@@H](C)O)NC(=O)[C@H]([C@H](O)[C@@H](O)c3ccc(O)cc3)NC(=O)[C@@H]3C[C@@H](O)CN3C(=O)[C@H]([C@@H](C)O)NC2=O)cc1. The van der Waals surface area contributed by atoms with Crippen molar-refractivity contribution in [1.82, 2.24) is 36.4 Å². The van der Waals surface area contributed by atoms with Crippen molar-refractivity contribution in [1.29, 1.82) is 0 Å². The number of phenolic OH excluding ortho intramolecular Hbond substituents is 1. The number of carbonyl (C=O) groups excluding carboxylic acids is 6. The molecule has 0 aliphatic carbocycles. The molecule has 15 atom stereocenters. The van der Waals surface area contributed by atoms with Crippen LogP contribution in [0.15, 0.2) is 48.5 Å². The Kier molecular flexibility index (Phi) is 21.1. The fourth-order valence-corrected chi connectivity index (χ4v) is 9.09. The summed E-state index contributed by atoms with van der Waals surface area (Å²) in [5.41, 5.74) is 0.590. The summed E-state index contributed by atoms with van der Waals surface area (Å²) >= 11 is 0. The van der Waals surface area contributed by atoms with Crippen molar-refractivity contribution in [3.8, 4) is 11.5 Å². The van der Waals surface area contributed by atoms with Gasteiger partial charge in [-0.2, -0.15) is 0 Å². The van der Waals surface area contributed by atoms with E-state index in [4.69, 9.17) is 4.74 Å². The van der Waals surface area contributed by atoms with Gasteiger partial charge >= 0.3 is 0 Å². The van der Waals surface area contributed by atoms with Crippen LogP contribution in [0.1, 0.15) is 96.3 Å². The largest absolute Gasteiger partial charge is 0.508 e. The van der Waals surface area contributed by atoms with Gasteiger partial charge in [-0.25, -0.2) is 0 Å². The van der Waals surface area contributed by atoms with Crippen LogP contribution in [-0.4, -0.2) is 190 Å². The van der Waals surface area contributed by atoms with Gasteiger partial charge in [-0.1, -0.05) is 70.2 Å². The monoisotopic (exact) mass is 1020 g/mol. The summed E-state index contributed by atoms with van der Waals surface area (Å²) in [4.78, 5) is 87.0. The van der Waals surface area contributed by atoms with Crippen LogP contribution >= 0.6 is 0 Å². The van der Waals surface area contributed by atoms with Crippen LogP contribution in [0, 0.1) is 5.92 Å². The zero-order chi connectivity index (χ0) is 53.0. The van der Waals surface area contributed by atoms with Crippen molar-refractivity contribution in [3.63, 3.8) is 0 Å². The Bertz CT molecular complexity index is 2130. The molecule has 3 aliphatic heterocycles. The highest BCUT2D eigenvalue weighted by Crippen LogP contribution is 2.28. The molecule has 400 valence electrons. The molecule has 0 bridgehead atoms. The highest BCUT2D eigenvalue weighted by Gasteiger charge is 2.50. The molecule has 3 heterocycles. The number of rotatable bonds is 16. The van der Waals surface area contributed by atoms with Crippen molar-refractivity contribution in [3.05, 3.63) is 59.7 Å². The van der Waals surface area contributed by atoms with Crippen molar-refractivity contribution in [2.75, 3.05) is 19.7 Å². The summed E-state index contributed by atoms with van der Waals surface area (Å²) in [6.07, 6.45) is -9.25. The van der Waals surface area contributed by atoms with E-state index >= 15 is 0 Å². The number of fused-ring (bicyclic) bond motifs is 2. The second-order valence-electron chi connectivity index (χ2n) is 19.2. The van der Waals surface area contributed by atoms with Gasteiger partial charge in [0.1, 0.15) is 60.0 Å². The molecular formula is C49H73N7O16. The number of hydrogen-bond donors (Lipinski definition) is 14. The first-order valence-electron chi connectivity index (χ1n) is 24.6. The van der Waals surface area contributed by atoms with Crippen LogP contribution in [0.4, 0.5) is 0 Å². The maximum absolute atomic E-state index is 14.4. The number of aromatic hydroxyl groups is 1. The maximum Gasteiger partial charge on any atom is 0.248 e. The fraction of sp³-hybridized carbons (Fsp3) is 0.633. The van der Waals surface area contributed by atoms with Gasteiger partial charge in [0, 0.05) is 38.4 Å². The third-order valence-electron chi connectivity index (χ3n) is 13.4. The molecule has 3 aliphatic rings. The number of amides is 6. The van der Waals surface area contributed by atoms with Crippen LogP contribution in [0.25, 0.3) is 0 Å². The Labute approximate surface area is 417 Å². The highest BCUT2D eigenvalue weighted by atomic mass is 16.5. The number of aliphatic hydroxyl groups excluding tert-OH is 8. The minimum atomic E-state index is -2.25. The molecule has 0 radical (unpaired) electrons. The zero-order valence-electron chi connectivity index (χ0n) is 41.0. The van der Waals surface area contributed by atoms with Crippen LogP contribution in [0.5, 0.6) is 11.5 Å². The van der Waals surface area contributed by atoms with Gasteiger partial charge in [-0.15, -0.1) is 0 Å². The van der Waals surface area contributed by atoms with Crippen molar-refractivity contribution in [2.24, 2.45) is 5.92 Å². The molecule has 6 amide bonds. The van der Waals surface area contributed by atoms with Crippen LogP contribution < -0.4 is 31.3 Å². The lowest BCUT2D eigenvalue weighted by Crippen LogP contribution is -2.64. The van der Waals surface area contributed by atoms with Gasteiger partial charge in [0.15, 0.2) is 6.23 Å². The highest BCUT2D eigenvalue weighted by molar-refractivity contribution is 5.98. The molecule has 0 aromatic heterocycles. The van der Waals surface area contributed by atoms with Crippen LogP contribution in [-0.2, 0) is 35.3 Å². The molecule has 0 saturated carbocycles. The zero-order valence-corrected chi connectivity index (χ0v) is 41.0. The molecule has 3 fully saturated rings. The minimum Gasteiger partial charge on any atom is -0.508 e. The third-order valence-corrected chi connectivity index (χ3v) is 13.4. The number of phenols is 1. The quantitative estimate of drug-likeness (QED) is 0.0759.